The van der Waals surface area contributed by atoms with Crippen molar-refractivity contribution >= 4 is 35.4 Å². The normalized spacial score (nSPS) is 14.5. The molecule has 0 aliphatic carbocycles. The third-order valence-electron chi connectivity index (χ3n) is 7.76. The molecule has 4 rings (SSSR count). The lowest BCUT2D eigenvalue weighted by atomic mass is 9.93. The second-order valence-electron chi connectivity index (χ2n) is 11.0. The van der Waals surface area contributed by atoms with E-state index in [1.807, 2.05) is 67.4 Å². The van der Waals surface area contributed by atoms with Gasteiger partial charge in [-0.1, -0.05) is 30.3 Å². The molecule has 1 aliphatic heterocycles. The lowest BCUT2D eigenvalue weighted by Crippen LogP contribution is -2.42. The summed E-state index contributed by atoms with van der Waals surface area (Å²) in [5.41, 5.74) is 4.77. The predicted octanol–water partition coefficient (Wildman–Crippen LogP) is 7.11. The molecule has 1 heterocycles. The number of aryl methyl sites for hydroxylation is 1. The summed E-state index contributed by atoms with van der Waals surface area (Å²) in [6, 6.07) is 16.6. The first kappa shape index (κ1) is 33.0. The van der Waals surface area contributed by atoms with Crippen LogP contribution < -0.4 is 5.32 Å². The van der Waals surface area contributed by atoms with E-state index in [1.165, 1.54) is 19.2 Å². The van der Waals surface area contributed by atoms with Crippen LogP contribution in [-0.4, -0.2) is 60.0 Å². The molecule has 1 aliphatic rings. The van der Waals surface area contributed by atoms with Gasteiger partial charge in [-0.2, -0.15) is 23.5 Å². The molecule has 3 aromatic rings. The number of carbonyl (C=O) groups is 2. The second kappa shape index (κ2) is 16.3. The van der Waals surface area contributed by atoms with Crippen LogP contribution in [0, 0.1) is 24.5 Å². The number of carbonyl (C=O) groups excluding carboxylic acids is 2. The summed E-state index contributed by atoms with van der Waals surface area (Å²) in [6.07, 6.45) is 4.65. The molecule has 0 bridgehead atoms. The van der Waals surface area contributed by atoms with Crippen LogP contribution in [0.15, 0.2) is 60.7 Å². The molecule has 230 valence electrons. The Kier molecular flexibility index (Phi) is 12.5. The highest BCUT2D eigenvalue weighted by Gasteiger charge is 2.25. The van der Waals surface area contributed by atoms with Crippen molar-refractivity contribution in [1.29, 1.82) is 0 Å². The number of hydrogen-bond donors (Lipinski definition) is 1. The number of hydrogen-bond acceptors (Lipinski definition) is 6. The maximum Gasteiger partial charge on any atom is 0.328 e. The van der Waals surface area contributed by atoms with Crippen LogP contribution in [0.3, 0.4) is 0 Å². The Labute approximate surface area is 262 Å². The average Bonchev–Trinajstić information content (AvgIpc) is 2.99. The van der Waals surface area contributed by atoms with Gasteiger partial charge in [0.05, 0.1) is 7.11 Å². The molecule has 9 heteroatoms. The highest BCUT2D eigenvalue weighted by Crippen LogP contribution is 2.30. The molecule has 0 saturated carbocycles. The molecule has 1 saturated heterocycles. The Morgan fingerprint density at radius 2 is 1.70 bits per heavy atom. The maximum absolute atomic E-state index is 14.1. The molecule has 5 nitrogen and oxygen atoms in total. The summed E-state index contributed by atoms with van der Waals surface area (Å²) < 4.78 is 33.1. The SMILES string of the molecule is COC(=O)[C@H](CCSC)NC(=O)c1ccc(CN(Cc2cc(F)cc(F)c2)CC2CCSCC2)cc1-c1ccccc1C. The Hall–Kier alpha value is -2.88. The molecule has 1 fully saturated rings. The summed E-state index contributed by atoms with van der Waals surface area (Å²) in [6.45, 7) is 3.79. The lowest BCUT2D eigenvalue weighted by Gasteiger charge is -2.30. The van der Waals surface area contributed by atoms with Gasteiger partial charge in [-0.05, 0) is 108 Å². The highest BCUT2D eigenvalue weighted by atomic mass is 32.2. The molecule has 43 heavy (non-hydrogen) atoms. The first-order valence-corrected chi connectivity index (χ1v) is 17.1. The zero-order valence-electron chi connectivity index (χ0n) is 25.0. The number of nitrogens with one attached hydrogen (secondary N) is 1. The second-order valence-corrected chi connectivity index (χ2v) is 13.2. The smallest absolute Gasteiger partial charge is 0.328 e. The Morgan fingerprint density at radius 3 is 2.37 bits per heavy atom. The molecular formula is C34H40F2N2O3S2. The number of esters is 1. The molecule has 0 spiro atoms. The van der Waals surface area contributed by atoms with E-state index < -0.39 is 23.6 Å². The van der Waals surface area contributed by atoms with Gasteiger partial charge in [0.2, 0.25) is 0 Å². The zero-order chi connectivity index (χ0) is 30.8. The van der Waals surface area contributed by atoms with E-state index >= 15 is 0 Å². The molecule has 0 unspecified atom stereocenters. The molecule has 1 N–H and O–H groups in total. The van der Waals surface area contributed by atoms with Crippen molar-refractivity contribution in [3.63, 3.8) is 0 Å². The van der Waals surface area contributed by atoms with Crippen LogP contribution in [0.5, 0.6) is 0 Å². The Morgan fingerprint density at radius 1 is 1.00 bits per heavy atom. The summed E-state index contributed by atoms with van der Waals surface area (Å²) in [4.78, 5) is 28.3. The van der Waals surface area contributed by atoms with Gasteiger partial charge >= 0.3 is 5.97 Å². The summed E-state index contributed by atoms with van der Waals surface area (Å²) in [7, 11) is 1.32. The number of methoxy groups -OCH3 is 1. The molecule has 1 amide bonds. The summed E-state index contributed by atoms with van der Waals surface area (Å²) in [5.74, 6) is 1.49. The van der Waals surface area contributed by atoms with Gasteiger partial charge in [0.25, 0.3) is 5.91 Å². The van der Waals surface area contributed by atoms with Crippen molar-refractivity contribution < 1.29 is 23.1 Å². The van der Waals surface area contributed by atoms with Gasteiger partial charge in [-0.25, -0.2) is 13.6 Å². The van der Waals surface area contributed by atoms with E-state index in [1.54, 1.807) is 11.8 Å². The topological polar surface area (TPSA) is 58.6 Å². The minimum Gasteiger partial charge on any atom is -0.467 e. The van der Waals surface area contributed by atoms with Gasteiger partial charge in [-0.15, -0.1) is 0 Å². The highest BCUT2D eigenvalue weighted by molar-refractivity contribution is 7.99. The fraction of sp³-hybridized carbons (Fsp3) is 0.412. The third kappa shape index (κ3) is 9.55. The van der Waals surface area contributed by atoms with E-state index in [9.17, 15) is 18.4 Å². The summed E-state index contributed by atoms with van der Waals surface area (Å²) >= 11 is 3.57. The predicted molar refractivity (Wildman–Crippen MR) is 173 cm³/mol. The number of benzene rings is 3. The lowest BCUT2D eigenvalue weighted by molar-refractivity contribution is -0.142. The molecular weight excluding hydrogens is 587 g/mol. The quantitative estimate of drug-likeness (QED) is 0.204. The van der Waals surface area contributed by atoms with Crippen LogP contribution in [0.2, 0.25) is 0 Å². The number of rotatable bonds is 13. The van der Waals surface area contributed by atoms with Gasteiger partial charge < -0.3 is 10.1 Å². The standard InChI is InChI=1S/C34H40F2N2O3S2/c1-23-6-4-5-7-29(23)31-18-25(8-9-30(31)33(39)37-32(12-13-42-3)34(40)41-2)21-38(20-24-10-14-43-15-11-24)22-26-16-27(35)19-28(36)17-26/h4-9,16-19,24,32H,10-15,20-22H2,1-3H3,(H,37,39)/t32-/m0/s1. The fourth-order valence-electron chi connectivity index (χ4n) is 5.55. The molecule has 0 radical (unpaired) electrons. The van der Waals surface area contributed by atoms with Crippen molar-refractivity contribution in [2.24, 2.45) is 5.92 Å². The van der Waals surface area contributed by atoms with E-state index in [2.05, 4.69) is 10.2 Å². The van der Waals surface area contributed by atoms with Crippen LogP contribution >= 0.6 is 23.5 Å². The Bertz CT molecular complexity index is 1380. The minimum absolute atomic E-state index is 0.340. The van der Waals surface area contributed by atoms with Crippen molar-refractivity contribution in [3.05, 3.63) is 94.6 Å². The van der Waals surface area contributed by atoms with Gasteiger partial charge in [0.15, 0.2) is 0 Å². The zero-order valence-corrected chi connectivity index (χ0v) is 26.7. The van der Waals surface area contributed by atoms with Crippen LogP contribution in [-0.2, 0) is 22.6 Å². The minimum atomic E-state index is -0.745. The number of halogens is 2. The monoisotopic (exact) mass is 626 g/mol. The Balaban J connectivity index is 1.66. The van der Waals surface area contributed by atoms with Gasteiger partial charge in [-0.3, -0.25) is 9.69 Å². The average molecular weight is 627 g/mol. The van der Waals surface area contributed by atoms with E-state index in [0.717, 1.165) is 59.2 Å². The van der Waals surface area contributed by atoms with Gasteiger partial charge in [0, 0.05) is 31.3 Å². The van der Waals surface area contributed by atoms with Crippen LogP contribution in [0.1, 0.15) is 46.3 Å². The van der Waals surface area contributed by atoms with Gasteiger partial charge in [0.1, 0.15) is 17.7 Å². The molecule has 3 aromatic carbocycles. The first-order valence-electron chi connectivity index (χ1n) is 14.6. The van der Waals surface area contributed by atoms with E-state index in [4.69, 9.17) is 4.74 Å². The fourth-order valence-corrected chi connectivity index (χ4v) is 7.22. The molecule has 1 atom stereocenters. The van der Waals surface area contributed by atoms with Crippen LogP contribution in [0.25, 0.3) is 11.1 Å². The number of nitrogens with zero attached hydrogens (tertiary/aromatic N) is 1. The van der Waals surface area contributed by atoms with Crippen LogP contribution in [0.4, 0.5) is 8.78 Å². The van der Waals surface area contributed by atoms with Crippen molar-refractivity contribution in [1.82, 2.24) is 10.2 Å². The largest absolute Gasteiger partial charge is 0.467 e. The number of amides is 1. The number of ether oxygens (including phenoxy) is 1. The van der Waals surface area contributed by atoms with Crippen molar-refractivity contribution in [2.45, 2.75) is 45.3 Å². The first-order chi connectivity index (χ1) is 20.8. The van der Waals surface area contributed by atoms with Crippen molar-refractivity contribution in [3.8, 4) is 11.1 Å². The molecule has 0 aromatic heterocycles. The summed E-state index contributed by atoms with van der Waals surface area (Å²) in [5, 5.41) is 2.90. The van der Waals surface area contributed by atoms with Crippen molar-refractivity contribution in [2.75, 3.05) is 37.2 Å². The van der Waals surface area contributed by atoms with E-state index in [-0.39, 0.29) is 5.91 Å². The number of thioether (sulfide) groups is 2. The van der Waals surface area contributed by atoms with E-state index in [0.29, 0.717) is 42.3 Å². The third-order valence-corrected chi connectivity index (χ3v) is 9.45. The maximum atomic E-state index is 14.1.